The molecule has 132 valence electrons. The van der Waals surface area contributed by atoms with Crippen LogP contribution in [-0.4, -0.2) is 35.4 Å². The molecule has 0 fully saturated rings. The van der Waals surface area contributed by atoms with Crippen LogP contribution in [0.3, 0.4) is 0 Å². The summed E-state index contributed by atoms with van der Waals surface area (Å²) in [7, 11) is 0. The zero-order chi connectivity index (χ0) is 16.5. The number of rotatable bonds is 7. The summed E-state index contributed by atoms with van der Waals surface area (Å²) in [6.45, 7) is 9.66. The van der Waals surface area contributed by atoms with Crippen molar-refractivity contribution in [1.29, 1.82) is 0 Å². The topological polar surface area (TPSA) is 54.2 Å². The van der Waals surface area contributed by atoms with E-state index in [0.29, 0.717) is 5.92 Å². The van der Waals surface area contributed by atoms with E-state index in [4.69, 9.17) is 4.99 Å². The van der Waals surface area contributed by atoms with E-state index in [1.54, 1.807) is 6.20 Å². The van der Waals surface area contributed by atoms with Crippen LogP contribution in [0.4, 0.5) is 0 Å². The van der Waals surface area contributed by atoms with Gasteiger partial charge in [-0.05, 0) is 25.5 Å². The minimum absolute atomic E-state index is 0. The summed E-state index contributed by atoms with van der Waals surface area (Å²) in [6, 6.07) is 10.6. The smallest absolute Gasteiger partial charge is 0.191 e. The Morgan fingerprint density at radius 1 is 1.29 bits per heavy atom. The third kappa shape index (κ3) is 6.90. The van der Waals surface area contributed by atoms with Crippen molar-refractivity contribution in [1.82, 2.24) is 20.4 Å². The average Bonchev–Trinajstić information content (AvgIpc) is 3.05. The van der Waals surface area contributed by atoms with Crippen LogP contribution in [0.2, 0.25) is 0 Å². The van der Waals surface area contributed by atoms with Crippen molar-refractivity contribution in [2.24, 2.45) is 4.99 Å². The highest BCUT2D eigenvalue weighted by Gasteiger charge is 2.06. The first-order valence-electron chi connectivity index (χ1n) is 8.25. The van der Waals surface area contributed by atoms with Crippen molar-refractivity contribution in [3.63, 3.8) is 0 Å². The van der Waals surface area contributed by atoms with Gasteiger partial charge in [0.2, 0.25) is 0 Å². The lowest BCUT2D eigenvalue weighted by Crippen LogP contribution is -2.39. The van der Waals surface area contributed by atoms with Crippen LogP contribution < -0.4 is 10.6 Å². The third-order valence-electron chi connectivity index (χ3n) is 3.67. The van der Waals surface area contributed by atoms with Gasteiger partial charge in [0.15, 0.2) is 5.96 Å². The lowest BCUT2D eigenvalue weighted by Gasteiger charge is -2.14. The number of nitrogens with zero attached hydrogens (tertiary/aromatic N) is 3. The number of hydrogen-bond donors (Lipinski definition) is 2. The van der Waals surface area contributed by atoms with E-state index in [9.17, 15) is 0 Å². The fraction of sp³-hybridized carbons (Fsp3) is 0.444. The summed E-state index contributed by atoms with van der Waals surface area (Å²) >= 11 is 0. The average molecular weight is 441 g/mol. The molecule has 2 aromatic rings. The summed E-state index contributed by atoms with van der Waals surface area (Å²) in [5.41, 5.74) is 2.63. The molecule has 1 atom stereocenters. The molecular formula is C18H28IN5. The molecule has 2 rings (SSSR count). The first-order chi connectivity index (χ1) is 11.2. The zero-order valence-electron chi connectivity index (χ0n) is 14.7. The molecule has 1 aromatic heterocycles. The van der Waals surface area contributed by atoms with Gasteiger partial charge >= 0.3 is 0 Å². The molecule has 0 aliphatic carbocycles. The minimum Gasteiger partial charge on any atom is -0.357 e. The molecule has 0 spiro atoms. The van der Waals surface area contributed by atoms with Crippen molar-refractivity contribution in [2.45, 2.75) is 33.2 Å². The maximum absolute atomic E-state index is 4.70. The molecular weight excluding hydrogens is 413 g/mol. The Morgan fingerprint density at radius 3 is 2.79 bits per heavy atom. The van der Waals surface area contributed by atoms with E-state index in [-0.39, 0.29) is 24.0 Å². The van der Waals surface area contributed by atoms with E-state index in [1.165, 1.54) is 11.1 Å². The number of aromatic nitrogens is 2. The summed E-state index contributed by atoms with van der Waals surface area (Å²) in [5, 5.41) is 10.8. The van der Waals surface area contributed by atoms with Crippen LogP contribution in [0.15, 0.2) is 47.7 Å². The van der Waals surface area contributed by atoms with Gasteiger partial charge in [0.1, 0.15) is 0 Å². The number of nitrogens with one attached hydrogen (secondary N) is 2. The number of halogens is 1. The van der Waals surface area contributed by atoms with Gasteiger partial charge in [0.05, 0.1) is 6.54 Å². The second-order valence-corrected chi connectivity index (χ2v) is 5.73. The Morgan fingerprint density at radius 2 is 2.12 bits per heavy atom. The number of aryl methyl sites for hydroxylation is 1. The predicted octanol–water partition coefficient (Wildman–Crippen LogP) is 3.17. The van der Waals surface area contributed by atoms with Gasteiger partial charge in [0, 0.05) is 37.9 Å². The van der Waals surface area contributed by atoms with Crippen LogP contribution in [0.1, 0.15) is 30.9 Å². The Kier molecular flexibility index (Phi) is 9.44. The number of hydrogen-bond acceptors (Lipinski definition) is 2. The van der Waals surface area contributed by atoms with Crippen molar-refractivity contribution in [3.8, 4) is 0 Å². The van der Waals surface area contributed by atoms with Gasteiger partial charge in [-0.2, -0.15) is 5.10 Å². The van der Waals surface area contributed by atoms with Crippen molar-refractivity contribution in [2.75, 3.05) is 19.6 Å². The molecule has 2 N–H and O–H groups in total. The third-order valence-corrected chi connectivity index (χ3v) is 3.67. The van der Waals surface area contributed by atoms with Gasteiger partial charge in [-0.1, -0.05) is 36.8 Å². The SMILES string of the molecule is CCNC(=NCC(C)c1cccc(C)c1)NCCn1cccn1.I. The summed E-state index contributed by atoms with van der Waals surface area (Å²) in [5.74, 6) is 1.26. The van der Waals surface area contributed by atoms with Crippen molar-refractivity contribution >= 4 is 29.9 Å². The number of guanidine groups is 1. The van der Waals surface area contributed by atoms with Crippen LogP contribution in [-0.2, 0) is 6.54 Å². The molecule has 1 aromatic carbocycles. The highest BCUT2D eigenvalue weighted by molar-refractivity contribution is 14.0. The molecule has 6 heteroatoms. The predicted molar refractivity (Wildman–Crippen MR) is 111 cm³/mol. The second-order valence-electron chi connectivity index (χ2n) is 5.73. The number of benzene rings is 1. The molecule has 5 nitrogen and oxygen atoms in total. The van der Waals surface area contributed by atoms with Crippen molar-refractivity contribution in [3.05, 3.63) is 53.9 Å². The fourth-order valence-electron chi connectivity index (χ4n) is 2.37. The van der Waals surface area contributed by atoms with Gasteiger partial charge in [-0.3, -0.25) is 9.67 Å². The lowest BCUT2D eigenvalue weighted by atomic mass is 10.00. The molecule has 0 amide bonds. The highest BCUT2D eigenvalue weighted by atomic mass is 127. The first kappa shape index (κ1) is 20.5. The van der Waals surface area contributed by atoms with Crippen LogP contribution in [0.5, 0.6) is 0 Å². The molecule has 0 aliphatic rings. The summed E-state index contributed by atoms with van der Waals surface area (Å²) in [6.07, 6.45) is 3.76. The standard InChI is InChI=1S/C18H27N5.HI/c1-4-19-18(20-10-12-23-11-6-9-22-23)21-14-16(3)17-8-5-7-15(2)13-17;/h5-9,11,13,16H,4,10,12,14H2,1-3H3,(H2,19,20,21);1H. The number of aliphatic imine (C=N–C) groups is 1. The van der Waals surface area contributed by atoms with Gasteiger partial charge in [-0.25, -0.2) is 0 Å². The largest absolute Gasteiger partial charge is 0.357 e. The lowest BCUT2D eigenvalue weighted by molar-refractivity contribution is 0.597. The zero-order valence-corrected chi connectivity index (χ0v) is 17.0. The first-order valence-corrected chi connectivity index (χ1v) is 8.25. The molecule has 0 radical (unpaired) electrons. The van der Waals surface area contributed by atoms with Crippen LogP contribution >= 0.6 is 24.0 Å². The van der Waals surface area contributed by atoms with Crippen LogP contribution in [0, 0.1) is 6.92 Å². The molecule has 0 saturated heterocycles. The second kappa shape index (κ2) is 11.1. The maximum Gasteiger partial charge on any atom is 0.191 e. The molecule has 0 aliphatic heterocycles. The Hall–Kier alpha value is -1.57. The van der Waals surface area contributed by atoms with E-state index in [0.717, 1.165) is 32.1 Å². The van der Waals surface area contributed by atoms with Crippen LogP contribution in [0.25, 0.3) is 0 Å². The van der Waals surface area contributed by atoms with E-state index in [1.807, 2.05) is 16.9 Å². The fourth-order valence-corrected chi connectivity index (χ4v) is 2.37. The Labute approximate surface area is 162 Å². The maximum atomic E-state index is 4.70. The van der Waals surface area contributed by atoms with Gasteiger partial charge in [0.25, 0.3) is 0 Å². The molecule has 24 heavy (non-hydrogen) atoms. The summed E-state index contributed by atoms with van der Waals surface area (Å²) < 4.78 is 1.91. The molecule has 1 heterocycles. The molecule has 0 bridgehead atoms. The normalized spacial score (nSPS) is 12.4. The molecule has 0 saturated carbocycles. The Bertz CT molecular complexity index is 610. The quantitative estimate of drug-likeness (QED) is 0.394. The van der Waals surface area contributed by atoms with Gasteiger partial charge < -0.3 is 10.6 Å². The highest BCUT2D eigenvalue weighted by Crippen LogP contribution is 2.16. The summed E-state index contributed by atoms with van der Waals surface area (Å²) in [4.78, 5) is 4.70. The monoisotopic (exact) mass is 441 g/mol. The minimum atomic E-state index is 0. The van der Waals surface area contributed by atoms with Crippen molar-refractivity contribution < 1.29 is 0 Å². The van der Waals surface area contributed by atoms with E-state index < -0.39 is 0 Å². The Balaban J connectivity index is 0.00000288. The molecule has 1 unspecified atom stereocenters. The van der Waals surface area contributed by atoms with Gasteiger partial charge in [-0.15, -0.1) is 24.0 Å². The van der Waals surface area contributed by atoms with E-state index >= 15 is 0 Å². The van der Waals surface area contributed by atoms with E-state index in [2.05, 4.69) is 60.8 Å².